The van der Waals surface area contributed by atoms with Crippen LogP contribution in [-0.4, -0.2) is 19.6 Å². The van der Waals surface area contributed by atoms with Gasteiger partial charge in [0.25, 0.3) is 0 Å². The maximum absolute atomic E-state index is 12.3. The Morgan fingerprint density at radius 1 is 1.29 bits per heavy atom. The number of benzene rings is 1. The highest BCUT2D eigenvalue weighted by Gasteiger charge is 2.11. The molecule has 1 N–H and O–H groups in total. The van der Waals surface area contributed by atoms with Gasteiger partial charge in [-0.25, -0.2) is 0 Å². The van der Waals surface area contributed by atoms with Crippen molar-refractivity contribution in [3.05, 3.63) is 51.7 Å². The Kier molecular flexibility index (Phi) is 6.31. The van der Waals surface area contributed by atoms with Gasteiger partial charge in [0.1, 0.15) is 0 Å². The first kappa shape index (κ1) is 17.9. The number of amides is 1. The molecule has 1 heterocycles. The number of halogens is 2. The minimum absolute atomic E-state index is 0.0458. The third kappa shape index (κ3) is 5.34. The highest BCUT2D eigenvalue weighted by molar-refractivity contribution is 7.12. The Bertz CT molecular complexity index is 728. The van der Waals surface area contributed by atoms with E-state index < -0.39 is 6.61 Å². The molecule has 0 spiro atoms. The fourth-order valence-electron chi connectivity index (χ4n) is 1.96. The number of ether oxygens (including phenoxy) is 2. The number of hydrogen-bond donors (Lipinski definition) is 1. The van der Waals surface area contributed by atoms with E-state index >= 15 is 0 Å². The van der Waals surface area contributed by atoms with Gasteiger partial charge in [0.05, 0.1) is 7.11 Å². The predicted molar refractivity (Wildman–Crippen MR) is 89.6 cm³/mol. The molecule has 2 rings (SSSR count). The average molecular weight is 353 g/mol. The van der Waals surface area contributed by atoms with Crippen LogP contribution in [0.15, 0.2) is 36.4 Å². The number of rotatable bonds is 7. The highest BCUT2D eigenvalue weighted by atomic mass is 32.1. The molecule has 4 nitrogen and oxygen atoms in total. The number of alkyl halides is 2. The van der Waals surface area contributed by atoms with Gasteiger partial charge in [-0.3, -0.25) is 4.79 Å². The van der Waals surface area contributed by atoms with E-state index in [1.54, 1.807) is 29.5 Å². The maximum atomic E-state index is 12.3. The second kappa shape index (κ2) is 8.44. The molecule has 0 unspecified atom stereocenters. The minimum atomic E-state index is -2.92. The number of aryl methyl sites for hydroxylation is 1. The van der Waals surface area contributed by atoms with E-state index in [0.29, 0.717) is 5.56 Å². The molecule has 0 fully saturated rings. The highest BCUT2D eigenvalue weighted by Crippen LogP contribution is 2.29. The lowest BCUT2D eigenvalue weighted by molar-refractivity contribution is -0.116. The van der Waals surface area contributed by atoms with Crippen LogP contribution in [0.3, 0.4) is 0 Å². The van der Waals surface area contributed by atoms with Crippen LogP contribution >= 0.6 is 11.3 Å². The molecule has 1 aromatic carbocycles. The molecule has 1 aromatic heterocycles. The smallest absolute Gasteiger partial charge is 0.387 e. The lowest BCUT2D eigenvalue weighted by Gasteiger charge is -2.11. The minimum Gasteiger partial charge on any atom is -0.493 e. The second-order valence-corrected chi connectivity index (χ2v) is 6.18. The summed E-state index contributed by atoms with van der Waals surface area (Å²) in [6.07, 6.45) is 3.20. The van der Waals surface area contributed by atoms with Gasteiger partial charge in [-0.1, -0.05) is 6.07 Å². The van der Waals surface area contributed by atoms with Gasteiger partial charge >= 0.3 is 6.61 Å². The molecule has 0 bridgehead atoms. The molecule has 0 radical (unpaired) electrons. The normalized spacial score (nSPS) is 11.0. The maximum Gasteiger partial charge on any atom is 0.387 e. The summed E-state index contributed by atoms with van der Waals surface area (Å²) in [6, 6.07) is 8.45. The Hall–Kier alpha value is -2.41. The largest absolute Gasteiger partial charge is 0.493 e. The number of carbonyl (C=O) groups is 1. The molecule has 7 heteroatoms. The van der Waals surface area contributed by atoms with E-state index in [-0.39, 0.29) is 24.0 Å². The van der Waals surface area contributed by atoms with Crippen LogP contribution in [0.4, 0.5) is 8.78 Å². The summed E-state index contributed by atoms with van der Waals surface area (Å²) in [5, 5.41) is 2.72. The van der Waals surface area contributed by atoms with E-state index in [9.17, 15) is 13.6 Å². The quantitative estimate of drug-likeness (QED) is 0.766. The molecule has 0 atom stereocenters. The molecule has 0 aliphatic rings. The summed E-state index contributed by atoms with van der Waals surface area (Å²) in [5.74, 6) is -0.102. The van der Waals surface area contributed by atoms with Crippen molar-refractivity contribution in [3.8, 4) is 11.5 Å². The first-order valence-corrected chi connectivity index (χ1v) is 7.93. The lowest BCUT2D eigenvalue weighted by atomic mass is 10.2. The fraction of sp³-hybridized carbons (Fsp3) is 0.235. The first-order chi connectivity index (χ1) is 11.5. The van der Waals surface area contributed by atoms with Crippen LogP contribution in [0, 0.1) is 6.92 Å². The standard InChI is InChI=1S/C17H17F2NO3S/c1-11-3-5-13(24-11)6-8-16(21)20-10-12-4-7-14(23-17(18)19)15(9-12)22-2/h3-9,17H,10H2,1-2H3,(H,20,21)/b8-6+. The van der Waals surface area contributed by atoms with Crippen molar-refractivity contribution in [2.24, 2.45) is 0 Å². The molecular formula is C17H17F2NO3S. The summed E-state index contributed by atoms with van der Waals surface area (Å²) < 4.78 is 33.9. The number of hydrogen-bond acceptors (Lipinski definition) is 4. The number of nitrogens with one attached hydrogen (secondary N) is 1. The van der Waals surface area contributed by atoms with E-state index in [1.165, 1.54) is 24.1 Å². The molecule has 0 aliphatic carbocycles. The topological polar surface area (TPSA) is 47.6 Å². The summed E-state index contributed by atoms with van der Waals surface area (Å²) in [4.78, 5) is 14.0. The number of carbonyl (C=O) groups excluding carboxylic acids is 1. The lowest BCUT2D eigenvalue weighted by Crippen LogP contribution is -2.20. The van der Waals surface area contributed by atoms with Crippen LogP contribution in [-0.2, 0) is 11.3 Å². The molecular weight excluding hydrogens is 336 g/mol. The van der Waals surface area contributed by atoms with Crippen molar-refractivity contribution in [2.75, 3.05) is 7.11 Å². The van der Waals surface area contributed by atoms with Crippen molar-refractivity contribution in [3.63, 3.8) is 0 Å². The summed E-state index contributed by atoms with van der Waals surface area (Å²) in [7, 11) is 1.36. The Balaban J connectivity index is 1.93. The Morgan fingerprint density at radius 3 is 2.71 bits per heavy atom. The van der Waals surface area contributed by atoms with Crippen LogP contribution in [0.1, 0.15) is 15.3 Å². The van der Waals surface area contributed by atoms with E-state index in [1.807, 2.05) is 19.1 Å². The van der Waals surface area contributed by atoms with Crippen LogP contribution in [0.25, 0.3) is 6.08 Å². The Morgan fingerprint density at radius 2 is 2.08 bits per heavy atom. The molecule has 2 aromatic rings. The monoisotopic (exact) mass is 353 g/mol. The van der Waals surface area contributed by atoms with E-state index in [0.717, 1.165) is 4.88 Å². The molecule has 0 saturated carbocycles. The van der Waals surface area contributed by atoms with Gasteiger partial charge in [-0.15, -0.1) is 11.3 Å². The molecule has 0 saturated heterocycles. The van der Waals surface area contributed by atoms with Gasteiger partial charge in [0.15, 0.2) is 11.5 Å². The zero-order valence-corrected chi connectivity index (χ0v) is 14.0. The second-order valence-electron chi connectivity index (χ2n) is 4.86. The summed E-state index contributed by atoms with van der Waals surface area (Å²) >= 11 is 1.60. The zero-order chi connectivity index (χ0) is 17.5. The van der Waals surface area contributed by atoms with Crippen molar-refractivity contribution in [2.45, 2.75) is 20.1 Å². The molecule has 128 valence electrons. The van der Waals surface area contributed by atoms with Gasteiger partial charge in [-0.05, 0) is 42.8 Å². The summed E-state index contributed by atoms with van der Waals surface area (Å²) in [5.41, 5.74) is 0.710. The van der Waals surface area contributed by atoms with Crippen molar-refractivity contribution in [1.29, 1.82) is 0 Å². The van der Waals surface area contributed by atoms with Crippen LogP contribution in [0.2, 0.25) is 0 Å². The molecule has 0 aliphatic heterocycles. The first-order valence-electron chi connectivity index (χ1n) is 7.12. The SMILES string of the molecule is COc1cc(CNC(=O)/C=C/c2ccc(C)s2)ccc1OC(F)F. The molecule has 1 amide bonds. The van der Waals surface area contributed by atoms with Gasteiger partial charge < -0.3 is 14.8 Å². The van der Waals surface area contributed by atoms with Crippen LogP contribution in [0.5, 0.6) is 11.5 Å². The Labute approximate surface area is 142 Å². The van der Waals surface area contributed by atoms with Crippen molar-refractivity contribution < 1.29 is 23.0 Å². The van der Waals surface area contributed by atoms with Crippen molar-refractivity contribution in [1.82, 2.24) is 5.32 Å². The average Bonchev–Trinajstić information content (AvgIpc) is 2.97. The molecule has 24 heavy (non-hydrogen) atoms. The van der Waals surface area contributed by atoms with Gasteiger partial charge in [-0.2, -0.15) is 8.78 Å². The van der Waals surface area contributed by atoms with Crippen molar-refractivity contribution >= 4 is 23.3 Å². The van der Waals surface area contributed by atoms with Gasteiger partial charge in [0, 0.05) is 22.4 Å². The third-order valence-electron chi connectivity index (χ3n) is 3.07. The zero-order valence-electron chi connectivity index (χ0n) is 13.2. The van der Waals surface area contributed by atoms with E-state index in [4.69, 9.17) is 4.74 Å². The number of methoxy groups -OCH3 is 1. The number of thiophene rings is 1. The summed E-state index contributed by atoms with van der Waals surface area (Å²) in [6.45, 7) is -0.676. The van der Waals surface area contributed by atoms with Crippen LogP contribution < -0.4 is 14.8 Å². The third-order valence-corrected chi connectivity index (χ3v) is 4.04. The van der Waals surface area contributed by atoms with Gasteiger partial charge in [0.2, 0.25) is 5.91 Å². The fourth-order valence-corrected chi connectivity index (χ4v) is 2.74. The van der Waals surface area contributed by atoms with E-state index in [2.05, 4.69) is 10.1 Å². The predicted octanol–water partition coefficient (Wildman–Crippen LogP) is 4.00.